The lowest BCUT2D eigenvalue weighted by molar-refractivity contribution is -0.144. The van der Waals surface area contributed by atoms with E-state index in [-0.39, 0.29) is 17.7 Å². The highest BCUT2D eigenvalue weighted by molar-refractivity contribution is 5.85. The lowest BCUT2D eigenvalue weighted by atomic mass is 9.95. The van der Waals surface area contributed by atoms with Gasteiger partial charge in [0.05, 0.1) is 0 Å². The Morgan fingerprint density at radius 3 is 2.17 bits per heavy atom. The molecule has 0 spiro atoms. The van der Waals surface area contributed by atoms with E-state index in [9.17, 15) is 9.59 Å². The molecule has 18 heavy (non-hydrogen) atoms. The number of carbonyl (C=O) groups is 2. The average Bonchev–Trinajstić information content (AvgIpc) is 2.35. The van der Waals surface area contributed by atoms with Crippen molar-refractivity contribution < 1.29 is 14.7 Å². The van der Waals surface area contributed by atoms with Crippen molar-refractivity contribution in [1.82, 2.24) is 5.32 Å². The van der Waals surface area contributed by atoms with Crippen LogP contribution in [0.15, 0.2) is 0 Å². The SMILES string of the molecule is CCCCC(CC)C(=O)NC(C(=O)O)C(C)CC. The molecule has 0 aliphatic rings. The molecule has 0 fully saturated rings. The van der Waals surface area contributed by atoms with Gasteiger partial charge in [-0.05, 0) is 18.8 Å². The van der Waals surface area contributed by atoms with Gasteiger partial charge in [-0.3, -0.25) is 4.79 Å². The molecule has 1 amide bonds. The predicted molar refractivity (Wildman–Crippen MR) is 72.3 cm³/mol. The van der Waals surface area contributed by atoms with Crippen LogP contribution in [0.5, 0.6) is 0 Å². The summed E-state index contributed by atoms with van der Waals surface area (Å²) in [7, 11) is 0. The number of amides is 1. The van der Waals surface area contributed by atoms with Gasteiger partial charge in [0, 0.05) is 5.92 Å². The minimum Gasteiger partial charge on any atom is -0.480 e. The molecule has 106 valence electrons. The number of nitrogens with one attached hydrogen (secondary N) is 1. The normalized spacial score (nSPS) is 15.8. The first-order valence-electron chi connectivity index (χ1n) is 7.00. The number of carbonyl (C=O) groups excluding carboxylic acids is 1. The zero-order valence-corrected chi connectivity index (χ0v) is 12.0. The summed E-state index contributed by atoms with van der Waals surface area (Å²) in [4.78, 5) is 23.2. The molecule has 2 N–H and O–H groups in total. The quantitative estimate of drug-likeness (QED) is 0.667. The minimum absolute atomic E-state index is 0.0462. The van der Waals surface area contributed by atoms with E-state index in [0.717, 1.165) is 32.1 Å². The van der Waals surface area contributed by atoms with Crippen molar-refractivity contribution in [3.8, 4) is 0 Å². The third-order valence-electron chi connectivity index (χ3n) is 3.55. The minimum atomic E-state index is -0.942. The van der Waals surface area contributed by atoms with Gasteiger partial charge in [-0.25, -0.2) is 4.79 Å². The van der Waals surface area contributed by atoms with Crippen LogP contribution < -0.4 is 5.32 Å². The predicted octanol–water partition coefficient (Wildman–Crippen LogP) is 2.82. The highest BCUT2D eigenvalue weighted by atomic mass is 16.4. The number of carboxylic acid groups (broad SMARTS) is 1. The lowest BCUT2D eigenvalue weighted by Crippen LogP contribution is -2.47. The monoisotopic (exact) mass is 257 g/mol. The molecule has 0 bridgehead atoms. The van der Waals surface area contributed by atoms with Gasteiger partial charge >= 0.3 is 5.97 Å². The third-order valence-corrected chi connectivity index (χ3v) is 3.55. The number of carboxylic acids is 1. The summed E-state index contributed by atoms with van der Waals surface area (Å²) in [6, 6.07) is -0.766. The Kier molecular flexibility index (Phi) is 8.42. The maximum absolute atomic E-state index is 12.0. The molecule has 3 unspecified atom stereocenters. The molecule has 0 aliphatic heterocycles. The second kappa shape index (κ2) is 8.95. The average molecular weight is 257 g/mol. The van der Waals surface area contributed by atoms with E-state index in [1.165, 1.54) is 0 Å². The van der Waals surface area contributed by atoms with E-state index in [1.54, 1.807) is 0 Å². The van der Waals surface area contributed by atoms with Gasteiger partial charge < -0.3 is 10.4 Å². The summed E-state index contributed by atoms with van der Waals surface area (Å²) in [6.07, 6.45) is 4.40. The third kappa shape index (κ3) is 5.52. The first-order valence-corrected chi connectivity index (χ1v) is 7.00. The molecule has 0 rings (SSSR count). The zero-order valence-electron chi connectivity index (χ0n) is 12.0. The van der Waals surface area contributed by atoms with E-state index < -0.39 is 12.0 Å². The van der Waals surface area contributed by atoms with Gasteiger partial charge in [-0.2, -0.15) is 0 Å². The standard InChI is InChI=1S/C14H27NO3/c1-5-8-9-11(7-3)13(16)15-12(14(17)18)10(4)6-2/h10-12H,5-9H2,1-4H3,(H,15,16)(H,17,18). The second-order valence-corrected chi connectivity index (χ2v) is 4.96. The molecule has 0 aromatic heterocycles. The molecular weight excluding hydrogens is 230 g/mol. The van der Waals surface area contributed by atoms with Crippen LogP contribution >= 0.6 is 0 Å². The Hall–Kier alpha value is -1.06. The Morgan fingerprint density at radius 1 is 1.17 bits per heavy atom. The smallest absolute Gasteiger partial charge is 0.326 e. The van der Waals surface area contributed by atoms with Gasteiger partial charge in [-0.15, -0.1) is 0 Å². The summed E-state index contributed by atoms with van der Waals surface area (Å²) in [5, 5.41) is 11.8. The van der Waals surface area contributed by atoms with Crippen LogP contribution in [0.25, 0.3) is 0 Å². The molecule has 4 nitrogen and oxygen atoms in total. The van der Waals surface area contributed by atoms with E-state index in [4.69, 9.17) is 5.11 Å². The lowest BCUT2D eigenvalue weighted by Gasteiger charge is -2.23. The Bertz CT molecular complexity index is 266. The van der Waals surface area contributed by atoms with Crippen molar-refractivity contribution in [2.24, 2.45) is 11.8 Å². The van der Waals surface area contributed by atoms with Crippen LogP contribution in [0.1, 0.15) is 59.8 Å². The van der Waals surface area contributed by atoms with Crippen LogP contribution in [-0.4, -0.2) is 23.0 Å². The summed E-state index contributed by atoms with van der Waals surface area (Å²) >= 11 is 0. The van der Waals surface area contributed by atoms with E-state index >= 15 is 0 Å². The summed E-state index contributed by atoms with van der Waals surface area (Å²) in [6.45, 7) is 7.84. The fraction of sp³-hybridized carbons (Fsp3) is 0.857. The number of unbranched alkanes of at least 4 members (excludes halogenated alkanes) is 1. The molecule has 0 saturated heterocycles. The summed E-state index contributed by atoms with van der Waals surface area (Å²) in [5.74, 6) is -1.16. The van der Waals surface area contributed by atoms with Gasteiger partial charge in [0.25, 0.3) is 0 Å². The van der Waals surface area contributed by atoms with Crippen LogP contribution in [0.4, 0.5) is 0 Å². The molecule has 0 heterocycles. The van der Waals surface area contributed by atoms with Gasteiger partial charge in [-0.1, -0.05) is 47.0 Å². The number of aliphatic carboxylic acids is 1. The van der Waals surface area contributed by atoms with Crippen molar-refractivity contribution >= 4 is 11.9 Å². The van der Waals surface area contributed by atoms with E-state index in [1.807, 2.05) is 20.8 Å². The zero-order chi connectivity index (χ0) is 14.1. The van der Waals surface area contributed by atoms with E-state index in [0.29, 0.717) is 0 Å². The Morgan fingerprint density at radius 2 is 1.78 bits per heavy atom. The first-order chi connectivity index (χ1) is 8.47. The van der Waals surface area contributed by atoms with Crippen molar-refractivity contribution in [3.63, 3.8) is 0 Å². The maximum atomic E-state index is 12.0. The number of rotatable bonds is 9. The topological polar surface area (TPSA) is 66.4 Å². The molecule has 0 saturated carbocycles. The highest BCUT2D eigenvalue weighted by Crippen LogP contribution is 2.15. The highest BCUT2D eigenvalue weighted by Gasteiger charge is 2.27. The summed E-state index contributed by atoms with van der Waals surface area (Å²) < 4.78 is 0. The molecule has 0 aromatic rings. The largest absolute Gasteiger partial charge is 0.480 e. The van der Waals surface area contributed by atoms with Crippen LogP contribution in [0, 0.1) is 11.8 Å². The molecule has 0 aliphatic carbocycles. The molecule has 0 radical (unpaired) electrons. The molecule has 0 aromatic carbocycles. The van der Waals surface area contributed by atoms with E-state index in [2.05, 4.69) is 12.2 Å². The van der Waals surface area contributed by atoms with Crippen molar-refractivity contribution in [3.05, 3.63) is 0 Å². The van der Waals surface area contributed by atoms with Crippen molar-refractivity contribution in [2.75, 3.05) is 0 Å². The maximum Gasteiger partial charge on any atom is 0.326 e. The first kappa shape index (κ1) is 16.9. The van der Waals surface area contributed by atoms with Crippen LogP contribution in [0.2, 0.25) is 0 Å². The van der Waals surface area contributed by atoms with Gasteiger partial charge in [0.15, 0.2) is 0 Å². The molecule has 4 heteroatoms. The number of hydrogen-bond donors (Lipinski definition) is 2. The number of hydrogen-bond acceptors (Lipinski definition) is 2. The molecular formula is C14H27NO3. The van der Waals surface area contributed by atoms with Crippen molar-refractivity contribution in [1.29, 1.82) is 0 Å². The van der Waals surface area contributed by atoms with Crippen LogP contribution in [0.3, 0.4) is 0 Å². The Labute approximate surface area is 110 Å². The fourth-order valence-electron chi connectivity index (χ4n) is 1.93. The van der Waals surface area contributed by atoms with Crippen molar-refractivity contribution in [2.45, 2.75) is 65.8 Å². The van der Waals surface area contributed by atoms with Gasteiger partial charge in [0.2, 0.25) is 5.91 Å². The molecule has 3 atom stereocenters. The van der Waals surface area contributed by atoms with Crippen LogP contribution in [-0.2, 0) is 9.59 Å². The van der Waals surface area contributed by atoms with Gasteiger partial charge in [0.1, 0.15) is 6.04 Å². The Balaban J connectivity index is 4.51. The second-order valence-electron chi connectivity index (χ2n) is 4.96. The summed E-state index contributed by atoms with van der Waals surface area (Å²) in [5.41, 5.74) is 0. The fourth-order valence-corrected chi connectivity index (χ4v) is 1.93.